The molecule has 6 nitrogen and oxygen atoms in total. The summed E-state index contributed by atoms with van der Waals surface area (Å²) in [6.07, 6.45) is 0.932. The van der Waals surface area contributed by atoms with Gasteiger partial charge in [0.25, 0.3) is 0 Å². The zero-order valence-corrected chi connectivity index (χ0v) is 10.3. The summed E-state index contributed by atoms with van der Waals surface area (Å²) in [6.45, 7) is 2.79. The van der Waals surface area contributed by atoms with E-state index in [0.29, 0.717) is 25.9 Å². The van der Waals surface area contributed by atoms with Crippen LogP contribution in [-0.4, -0.2) is 54.7 Å². The van der Waals surface area contributed by atoms with Crippen LogP contribution in [0, 0.1) is 5.41 Å². The quantitative estimate of drug-likeness (QED) is 0.706. The van der Waals surface area contributed by atoms with Crippen molar-refractivity contribution in [2.45, 2.75) is 25.8 Å². The molecule has 6 heteroatoms. The summed E-state index contributed by atoms with van der Waals surface area (Å²) in [7, 11) is 1.49. The number of nitrogens with zero attached hydrogens (tertiary/aromatic N) is 1. The largest absolute Gasteiger partial charge is 0.481 e. The molecule has 0 aromatic rings. The van der Waals surface area contributed by atoms with E-state index in [4.69, 9.17) is 15.6 Å². The molecule has 0 spiro atoms. The Labute approximate surface area is 101 Å². The summed E-state index contributed by atoms with van der Waals surface area (Å²) >= 11 is 0. The van der Waals surface area contributed by atoms with Gasteiger partial charge in [0, 0.05) is 20.2 Å². The van der Waals surface area contributed by atoms with Crippen LogP contribution in [0.25, 0.3) is 0 Å². The highest BCUT2D eigenvalue weighted by atomic mass is 16.5. The summed E-state index contributed by atoms with van der Waals surface area (Å²) < 4.78 is 4.83. The summed E-state index contributed by atoms with van der Waals surface area (Å²) in [5.74, 6) is -0.968. The molecule has 0 saturated carbocycles. The molecular weight excluding hydrogens is 224 g/mol. The summed E-state index contributed by atoms with van der Waals surface area (Å²) in [5, 5.41) is 9.07. The maximum atomic E-state index is 11.8. The number of hydrogen-bond acceptors (Lipinski definition) is 4. The first-order valence-electron chi connectivity index (χ1n) is 5.67. The van der Waals surface area contributed by atoms with Gasteiger partial charge in [-0.15, -0.1) is 0 Å². The van der Waals surface area contributed by atoms with Crippen LogP contribution >= 0.6 is 0 Å². The first-order chi connectivity index (χ1) is 7.90. The van der Waals surface area contributed by atoms with Gasteiger partial charge in [-0.1, -0.05) is 0 Å². The third-order valence-electron chi connectivity index (χ3n) is 3.36. The molecular formula is C11H20N2O4. The van der Waals surface area contributed by atoms with Crippen molar-refractivity contribution in [1.82, 2.24) is 4.90 Å². The second-order valence-corrected chi connectivity index (χ2v) is 4.75. The number of aliphatic carboxylic acids is 1. The van der Waals surface area contributed by atoms with Gasteiger partial charge < -0.3 is 20.5 Å². The Balaban J connectivity index is 2.52. The van der Waals surface area contributed by atoms with E-state index in [0.717, 1.165) is 0 Å². The van der Waals surface area contributed by atoms with Gasteiger partial charge >= 0.3 is 5.97 Å². The molecule has 1 rings (SSSR count). The highest BCUT2D eigenvalue weighted by Gasteiger charge is 2.38. The van der Waals surface area contributed by atoms with E-state index in [1.807, 2.05) is 0 Å². The number of carbonyl (C=O) groups is 2. The summed E-state index contributed by atoms with van der Waals surface area (Å²) in [6, 6.07) is -0.658. The molecule has 98 valence electrons. The average molecular weight is 244 g/mol. The molecule has 0 aromatic heterocycles. The van der Waals surface area contributed by atoms with Gasteiger partial charge in [-0.05, 0) is 19.8 Å². The standard InChI is InChI=1S/C11H20N2O4/c1-11(10(15)16)3-5-13(6-4-11)9(14)8(12)7-17-2/h8H,3-7,12H2,1-2H3,(H,15,16). The van der Waals surface area contributed by atoms with Crippen molar-refractivity contribution in [2.24, 2.45) is 11.1 Å². The Bertz CT molecular complexity index is 298. The van der Waals surface area contributed by atoms with Gasteiger partial charge in [0.05, 0.1) is 12.0 Å². The predicted octanol–water partition coefficient (Wildman–Crippen LogP) is -0.327. The van der Waals surface area contributed by atoms with Crippen LogP contribution in [0.15, 0.2) is 0 Å². The monoisotopic (exact) mass is 244 g/mol. The lowest BCUT2D eigenvalue weighted by molar-refractivity contribution is -0.153. The number of rotatable bonds is 4. The molecule has 0 aliphatic carbocycles. The molecule has 1 heterocycles. The van der Waals surface area contributed by atoms with E-state index in [-0.39, 0.29) is 12.5 Å². The zero-order valence-electron chi connectivity index (χ0n) is 10.3. The second-order valence-electron chi connectivity index (χ2n) is 4.75. The number of likely N-dealkylation sites (tertiary alicyclic amines) is 1. The number of carboxylic acid groups (broad SMARTS) is 1. The third-order valence-corrected chi connectivity index (χ3v) is 3.36. The lowest BCUT2D eigenvalue weighted by Gasteiger charge is -2.37. The minimum Gasteiger partial charge on any atom is -0.481 e. The molecule has 1 atom stereocenters. The molecule has 0 radical (unpaired) electrons. The number of carbonyl (C=O) groups excluding carboxylic acids is 1. The van der Waals surface area contributed by atoms with E-state index < -0.39 is 17.4 Å². The smallest absolute Gasteiger partial charge is 0.309 e. The van der Waals surface area contributed by atoms with E-state index in [1.165, 1.54) is 7.11 Å². The van der Waals surface area contributed by atoms with Gasteiger partial charge in [-0.2, -0.15) is 0 Å². The fourth-order valence-corrected chi connectivity index (χ4v) is 1.92. The van der Waals surface area contributed by atoms with Crippen molar-refractivity contribution >= 4 is 11.9 Å². The Kier molecular flexibility index (Phi) is 4.47. The highest BCUT2D eigenvalue weighted by molar-refractivity contribution is 5.82. The Hall–Kier alpha value is -1.14. The Morgan fingerprint density at radius 1 is 1.47 bits per heavy atom. The van der Waals surface area contributed by atoms with Crippen LogP contribution in [0.2, 0.25) is 0 Å². The Morgan fingerprint density at radius 3 is 2.41 bits per heavy atom. The number of carboxylic acids is 1. The van der Waals surface area contributed by atoms with E-state index >= 15 is 0 Å². The predicted molar refractivity (Wildman–Crippen MR) is 61.4 cm³/mol. The van der Waals surface area contributed by atoms with Crippen LogP contribution in [-0.2, 0) is 14.3 Å². The molecule has 1 fully saturated rings. The summed E-state index contributed by atoms with van der Waals surface area (Å²) in [5.41, 5.74) is 4.93. The van der Waals surface area contributed by atoms with Crippen molar-refractivity contribution in [3.05, 3.63) is 0 Å². The van der Waals surface area contributed by atoms with Crippen LogP contribution in [0.5, 0.6) is 0 Å². The molecule has 17 heavy (non-hydrogen) atoms. The number of amides is 1. The van der Waals surface area contributed by atoms with Crippen LogP contribution < -0.4 is 5.73 Å². The molecule has 1 aliphatic heterocycles. The van der Waals surface area contributed by atoms with Gasteiger partial charge in [0.2, 0.25) is 5.91 Å². The van der Waals surface area contributed by atoms with E-state index in [9.17, 15) is 9.59 Å². The van der Waals surface area contributed by atoms with Crippen LogP contribution in [0.3, 0.4) is 0 Å². The lowest BCUT2D eigenvalue weighted by Crippen LogP contribution is -2.51. The molecule has 3 N–H and O–H groups in total. The number of nitrogens with two attached hydrogens (primary N) is 1. The number of ether oxygens (including phenoxy) is 1. The van der Waals surface area contributed by atoms with Gasteiger partial charge in [0.1, 0.15) is 6.04 Å². The normalized spacial score (nSPS) is 21.0. The first kappa shape index (κ1) is 13.9. The fourth-order valence-electron chi connectivity index (χ4n) is 1.92. The third kappa shape index (κ3) is 3.17. The van der Waals surface area contributed by atoms with E-state index in [2.05, 4.69) is 0 Å². The van der Waals surface area contributed by atoms with Crippen LogP contribution in [0.4, 0.5) is 0 Å². The number of methoxy groups -OCH3 is 1. The number of piperidine rings is 1. The van der Waals surface area contributed by atoms with E-state index in [1.54, 1.807) is 11.8 Å². The van der Waals surface area contributed by atoms with Crippen molar-refractivity contribution in [1.29, 1.82) is 0 Å². The Morgan fingerprint density at radius 2 is 2.00 bits per heavy atom. The molecule has 1 aliphatic rings. The first-order valence-corrected chi connectivity index (χ1v) is 5.67. The van der Waals surface area contributed by atoms with Crippen LogP contribution in [0.1, 0.15) is 19.8 Å². The van der Waals surface area contributed by atoms with Gasteiger partial charge in [0.15, 0.2) is 0 Å². The highest BCUT2D eigenvalue weighted by Crippen LogP contribution is 2.31. The SMILES string of the molecule is COCC(N)C(=O)N1CCC(C)(C(=O)O)CC1. The topological polar surface area (TPSA) is 92.9 Å². The maximum absolute atomic E-state index is 11.8. The lowest BCUT2D eigenvalue weighted by atomic mass is 9.80. The molecule has 1 unspecified atom stereocenters. The molecule has 1 saturated heterocycles. The minimum absolute atomic E-state index is 0.167. The fraction of sp³-hybridized carbons (Fsp3) is 0.818. The van der Waals surface area contributed by atoms with Gasteiger partial charge in [-0.3, -0.25) is 9.59 Å². The molecule has 1 amide bonds. The second kappa shape index (κ2) is 5.46. The number of hydrogen-bond donors (Lipinski definition) is 2. The van der Waals surface area contributed by atoms with Crippen molar-refractivity contribution in [2.75, 3.05) is 26.8 Å². The average Bonchev–Trinajstić information content (AvgIpc) is 2.29. The van der Waals surface area contributed by atoms with Crippen molar-refractivity contribution in [3.63, 3.8) is 0 Å². The maximum Gasteiger partial charge on any atom is 0.309 e. The van der Waals surface area contributed by atoms with Crippen molar-refractivity contribution < 1.29 is 19.4 Å². The minimum atomic E-state index is -0.800. The molecule has 0 aromatic carbocycles. The zero-order chi connectivity index (χ0) is 13.1. The van der Waals surface area contributed by atoms with Gasteiger partial charge in [-0.25, -0.2) is 0 Å². The molecule has 0 bridgehead atoms. The van der Waals surface area contributed by atoms with Crippen molar-refractivity contribution in [3.8, 4) is 0 Å². The summed E-state index contributed by atoms with van der Waals surface area (Å²) in [4.78, 5) is 24.5.